The zero-order valence-electron chi connectivity index (χ0n) is 24.3. The first-order chi connectivity index (χ1) is 19.7. The average Bonchev–Trinajstić information content (AvgIpc) is 3.62. The van der Waals surface area contributed by atoms with Gasteiger partial charge in [-0.2, -0.15) is 0 Å². The van der Waals surface area contributed by atoms with Crippen LogP contribution in [-0.2, 0) is 4.74 Å². The Bertz CT molecular complexity index is 1280. The summed E-state index contributed by atoms with van der Waals surface area (Å²) in [4.78, 5) is 0. The largest absolute Gasteiger partial charge is 0.385 e. The van der Waals surface area contributed by atoms with Crippen LogP contribution in [0.5, 0.6) is 0 Å². The molecule has 8 aliphatic carbocycles. The lowest BCUT2D eigenvalue weighted by molar-refractivity contribution is 0.0414. The number of fused-ring (bicyclic) bond motifs is 12. The van der Waals surface area contributed by atoms with Gasteiger partial charge in [-0.1, -0.05) is 78.8 Å². The molecule has 0 aromatic rings. The fraction of sp³-hybridized carbons (Fsp3) is 0.632. The monoisotopic (exact) mass is 533 g/mol. The number of nitrogens with one attached hydrogen (secondary N) is 1. The number of ether oxygens (including phenoxy) is 1. The second-order valence-electron chi connectivity index (χ2n) is 14.9. The number of hydrogen-bond donors (Lipinski definition) is 1. The number of allylic oxidation sites excluding steroid dienone is 10. The highest BCUT2D eigenvalue weighted by atomic mass is 16.5. The van der Waals surface area contributed by atoms with Crippen molar-refractivity contribution in [2.45, 2.75) is 89.4 Å². The lowest BCUT2D eigenvalue weighted by Gasteiger charge is -2.50. The summed E-state index contributed by atoms with van der Waals surface area (Å²) in [5.41, 5.74) is 5.84. The minimum Gasteiger partial charge on any atom is -0.385 e. The molecule has 210 valence electrons. The van der Waals surface area contributed by atoms with Gasteiger partial charge in [-0.25, -0.2) is 0 Å². The molecule has 0 aromatic heterocycles. The smallest absolute Gasteiger partial charge is 0.0856 e. The maximum Gasteiger partial charge on any atom is 0.0856 e. The minimum absolute atomic E-state index is 0.201. The van der Waals surface area contributed by atoms with Crippen LogP contribution in [0.1, 0.15) is 71.1 Å². The molecule has 1 saturated heterocycles. The highest BCUT2D eigenvalue weighted by molar-refractivity contribution is 5.43. The molecule has 2 saturated carbocycles. The molecule has 0 aromatic carbocycles. The van der Waals surface area contributed by atoms with Crippen LogP contribution in [0.2, 0.25) is 0 Å². The van der Waals surface area contributed by atoms with E-state index in [0.29, 0.717) is 23.3 Å². The van der Waals surface area contributed by atoms with E-state index in [9.17, 15) is 0 Å². The van der Waals surface area contributed by atoms with E-state index in [1.807, 2.05) is 11.1 Å². The third kappa shape index (κ3) is 3.26. The first-order valence-electron chi connectivity index (χ1n) is 16.9. The Morgan fingerprint density at radius 2 is 1.73 bits per heavy atom. The van der Waals surface area contributed by atoms with Gasteiger partial charge in [-0.3, -0.25) is 0 Å². The zero-order chi connectivity index (χ0) is 26.4. The van der Waals surface area contributed by atoms with Crippen LogP contribution in [0.4, 0.5) is 0 Å². The van der Waals surface area contributed by atoms with Crippen molar-refractivity contribution in [3.8, 4) is 0 Å². The molecule has 13 atom stereocenters. The van der Waals surface area contributed by atoms with E-state index >= 15 is 0 Å². The van der Waals surface area contributed by atoms with Crippen LogP contribution < -0.4 is 5.32 Å². The van der Waals surface area contributed by atoms with E-state index in [2.05, 4.69) is 79.1 Å². The van der Waals surface area contributed by atoms with Gasteiger partial charge in [0.05, 0.1) is 12.2 Å². The minimum atomic E-state index is 0.201. The molecular formula is C38H47NO. The maximum atomic E-state index is 6.52. The standard InChI is InChI=1S/C38H47NO/c1-23-21-28-26-13-4-8-17-31(26)38(29-15-6-2-11-24(29)25-12-3-7-16-30(25)38)32(28)22-34(23)39-33-18-10-20-36-37(33)27-14-5-9-19-35(27)40-36/h2,5-6,8-10,14,17-20,23-24,26-29,31-32,34-37,39H,3-4,7,11-13,15-16,21-22H2,1H3/t23?,24?,26?,27?,28?,29?,31?,32?,34?,35?,36?,37?,38-/m0/s1. The maximum absolute atomic E-state index is 6.52. The van der Waals surface area contributed by atoms with Crippen LogP contribution >= 0.6 is 0 Å². The number of rotatable bonds is 2. The third-order valence-corrected chi connectivity index (χ3v) is 13.6. The highest BCUT2D eigenvalue weighted by Crippen LogP contribution is 2.75. The third-order valence-electron chi connectivity index (χ3n) is 13.6. The zero-order valence-corrected chi connectivity index (χ0v) is 24.3. The molecule has 9 rings (SSSR count). The van der Waals surface area contributed by atoms with Crippen molar-refractivity contribution in [2.24, 2.45) is 58.7 Å². The molecular weight excluding hydrogens is 486 g/mol. The molecule has 0 amide bonds. The number of hydrogen-bond acceptors (Lipinski definition) is 2. The van der Waals surface area contributed by atoms with Crippen LogP contribution in [0.15, 0.2) is 83.7 Å². The first kappa shape index (κ1) is 24.5. The Balaban J connectivity index is 1.09. The van der Waals surface area contributed by atoms with Crippen LogP contribution in [0.3, 0.4) is 0 Å². The van der Waals surface area contributed by atoms with Crippen molar-refractivity contribution in [1.29, 1.82) is 0 Å². The molecule has 2 nitrogen and oxygen atoms in total. The second kappa shape index (κ2) is 9.22. The Hall–Kier alpha value is -2.06. The summed E-state index contributed by atoms with van der Waals surface area (Å²) in [7, 11) is 0. The molecule has 1 N–H and O–H groups in total. The molecule has 40 heavy (non-hydrogen) atoms. The second-order valence-corrected chi connectivity index (χ2v) is 14.9. The molecule has 3 fully saturated rings. The van der Waals surface area contributed by atoms with Gasteiger partial charge in [0.1, 0.15) is 0 Å². The average molecular weight is 534 g/mol. The van der Waals surface area contributed by atoms with Crippen molar-refractivity contribution in [3.05, 3.63) is 83.7 Å². The Morgan fingerprint density at radius 3 is 2.70 bits per heavy atom. The lowest BCUT2D eigenvalue weighted by Crippen LogP contribution is -2.49. The Morgan fingerprint density at radius 1 is 0.850 bits per heavy atom. The van der Waals surface area contributed by atoms with Gasteiger partial charge in [-0.05, 0) is 112 Å². The summed E-state index contributed by atoms with van der Waals surface area (Å²) < 4.78 is 6.52. The fourth-order valence-corrected chi connectivity index (χ4v) is 12.3. The van der Waals surface area contributed by atoms with Gasteiger partial charge in [0.25, 0.3) is 0 Å². The SMILES string of the molecule is CC1CC2C3CCC=CC3[C@]3(C4=C(CCCC4)C4CC=CCC43)C2CC1NC1=CC=CC2OC3C=CC=CC3C12. The summed E-state index contributed by atoms with van der Waals surface area (Å²) in [5, 5.41) is 4.28. The van der Waals surface area contributed by atoms with E-state index in [1.165, 1.54) is 69.9 Å². The van der Waals surface area contributed by atoms with Gasteiger partial charge in [-0.15, -0.1) is 0 Å². The summed E-state index contributed by atoms with van der Waals surface area (Å²) in [6, 6.07) is 0.564. The van der Waals surface area contributed by atoms with Crippen molar-refractivity contribution >= 4 is 0 Å². The predicted molar refractivity (Wildman–Crippen MR) is 162 cm³/mol. The van der Waals surface area contributed by atoms with Crippen molar-refractivity contribution in [2.75, 3.05) is 0 Å². The molecule has 12 unspecified atom stereocenters. The molecule has 1 heterocycles. The molecule has 1 aliphatic heterocycles. The van der Waals surface area contributed by atoms with Gasteiger partial charge in [0, 0.05) is 29.0 Å². The molecule has 0 radical (unpaired) electrons. The van der Waals surface area contributed by atoms with Crippen LogP contribution in [0.25, 0.3) is 0 Å². The molecule has 2 heteroatoms. The van der Waals surface area contributed by atoms with Crippen molar-refractivity contribution in [3.63, 3.8) is 0 Å². The lowest BCUT2D eigenvalue weighted by atomic mass is 9.54. The van der Waals surface area contributed by atoms with E-state index < -0.39 is 0 Å². The molecule has 0 bridgehead atoms. The predicted octanol–water partition coefficient (Wildman–Crippen LogP) is 8.24. The normalized spacial score (nSPS) is 51.2. The molecule has 1 spiro atoms. The summed E-state index contributed by atoms with van der Waals surface area (Å²) in [6.07, 6.45) is 40.7. The van der Waals surface area contributed by atoms with Gasteiger partial charge < -0.3 is 10.1 Å². The summed E-state index contributed by atoms with van der Waals surface area (Å²) in [6.45, 7) is 2.58. The highest BCUT2D eigenvalue weighted by Gasteiger charge is 2.68. The molecule has 9 aliphatic rings. The summed E-state index contributed by atoms with van der Waals surface area (Å²) in [5.74, 6) is 6.73. The van der Waals surface area contributed by atoms with E-state index in [4.69, 9.17) is 4.74 Å². The quantitative estimate of drug-likeness (QED) is 0.361. The van der Waals surface area contributed by atoms with Gasteiger partial charge in [0.15, 0.2) is 0 Å². The van der Waals surface area contributed by atoms with Gasteiger partial charge in [0.2, 0.25) is 0 Å². The van der Waals surface area contributed by atoms with E-state index in [-0.39, 0.29) is 12.2 Å². The fourth-order valence-electron chi connectivity index (χ4n) is 12.3. The van der Waals surface area contributed by atoms with E-state index in [0.717, 1.165) is 41.4 Å². The Kier molecular flexibility index (Phi) is 5.65. The van der Waals surface area contributed by atoms with Gasteiger partial charge >= 0.3 is 0 Å². The van der Waals surface area contributed by atoms with E-state index in [1.54, 1.807) is 0 Å². The van der Waals surface area contributed by atoms with Crippen LogP contribution in [-0.4, -0.2) is 18.2 Å². The Labute approximate surface area is 241 Å². The summed E-state index contributed by atoms with van der Waals surface area (Å²) >= 11 is 0. The van der Waals surface area contributed by atoms with Crippen LogP contribution in [0, 0.1) is 58.7 Å². The van der Waals surface area contributed by atoms with Crippen molar-refractivity contribution < 1.29 is 4.74 Å². The topological polar surface area (TPSA) is 21.3 Å². The first-order valence-corrected chi connectivity index (χ1v) is 16.9. The van der Waals surface area contributed by atoms with Crippen molar-refractivity contribution in [1.82, 2.24) is 5.32 Å².